The predicted molar refractivity (Wildman–Crippen MR) is 90.2 cm³/mol. The van der Waals surface area contributed by atoms with Crippen molar-refractivity contribution in [3.63, 3.8) is 0 Å². The SMILES string of the molecule is COC(OC)C(O)(c1ccccc1)C(O)(Cc1ccccc1)OC. The van der Waals surface area contributed by atoms with Crippen LogP contribution in [0.5, 0.6) is 0 Å². The Morgan fingerprint density at radius 2 is 1.33 bits per heavy atom. The number of aliphatic hydroxyl groups is 2. The van der Waals surface area contributed by atoms with Crippen LogP contribution in [-0.2, 0) is 26.2 Å². The van der Waals surface area contributed by atoms with Gasteiger partial charge >= 0.3 is 0 Å². The third kappa shape index (κ3) is 3.36. The number of benzene rings is 2. The summed E-state index contributed by atoms with van der Waals surface area (Å²) in [4.78, 5) is 0. The summed E-state index contributed by atoms with van der Waals surface area (Å²) in [7, 11) is 4.15. The van der Waals surface area contributed by atoms with Crippen LogP contribution >= 0.6 is 0 Å². The lowest BCUT2D eigenvalue weighted by Gasteiger charge is -2.45. The van der Waals surface area contributed by atoms with Crippen LogP contribution in [0.25, 0.3) is 0 Å². The molecule has 130 valence electrons. The van der Waals surface area contributed by atoms with E-state index >= 15 is 0 Å². The van der Waals surface area contributed by atoms with Gasteiger partial charge in [0, 0.05) is 27.8 Å². The summed E-state index contributed by atoms with van der Waals surface area (Å²) in [5.74, 6) is -1.97. The molecule has 24 heavy (non-hydrogen) atoms. The average Bonchev–Trinajstić information content (AvgIpc) is 2.63. The molecular formula is C19H24O5. The van der Waals surface area contributed by atoms with E-state index in [4.69, 9.17) is 14.2 Å². The molecule has 0 saturated carbocycles. The molecule has 0 radical (unpaired) electrons. The molecule has 2 aromatic rings. The average molecular weight is 332 g/mol. The third-order valence-corrected chi connectivity index (χ3v) is 4.20. The molecular weight excluding hydrogens is 308 g/mol. The summed E-state index contributed by atoms with van der Waals surface area (Å²) in [5, 5.41) is 22.7. The van der Waals surface area contributed by atoms with Gasteiger partial charge in [-0.2, -0.15) is 0 Å². The molecule has 0 aromatic heterocycles. The maximum atomic E-state index is 11.5. The van der Waals surface area contributed by atoms with E-state index in [2.05, 4.69) is 0 Å². The molecule has 0 aliphatic carbocycles. The van der Waals surface area contributed by atoms with Crippen LogP contribution in [0.4, 0.5) is 0 Å². The Hall–Kier alpha value is -1.76. The fraction of sp³-hybridized carbons (Fsp3) is 0.368. The topological polar surface area (TPSA) is 68.2 Å². The van der Waals surface area contributed by atoms with E-state index in [-0.39, 0.29) is 6.42 Å². The van der Waals surface area contributed by atoms with Gasteiger partial charge in [0.2, 0.25) is 5.79 Å². The zero-order valence-electron chi connectivity index (χ0n) is 14.2. The van der Waals surface area contributed by atoms with Crippen LogP contribution in [0.3, 0.4) is 0 Å². The third-order valence-electron chi connectivity index (χ3n) is 4.20. The fourth-order valence-electron chi connectivity index (χ4n) is 2.91. The van der Waals surface area contributed by atoms with Gasteiger partial charge in [-0.25, -0.2) is 0 Å². The van der Waals surface area contributed by atoms with Crippen molar-refractivity contribution < 1.29 is 24.4 Å². The van der Waals surface area contributed by atoms with E-state index in [0.29, 0.717) is 5.56 Å². The second-order valence-corrected chi connectivity index (χ2v) is 5.59. The van der Waals surface area contributed by atoms with E-state index in [1.54, 1.807) is 24.3 Å². The van der Waals surface area contributed by atoms with Gasteiger partial charge in [0.05, 0.1) is 0 Å². The van der Waals surface area contributed by atoms with E-state index in [1.807, 2.05) is 36.4 Å². The van der Waals surface area contributed by atoms with Crippen LogP contribution in [0.1, 0.15) is 11.1 Å². The molecule has 2 atom stereocenters. The molecule has 2 N–H and O–H groups in total. The highest BCUT2D eigenvalue weighted by Gasteiger charge is 2.57. The number of hydrogen-bond donors (Lipinski definition) is 2. The van der Waals surface area contributed by atoms with Gasteiger partial charge < -0.3 is 24.4 Å². The second-order valence-electron chi connectivity index (χ2n) is 5.59. The Bertz CT molecular complexity index is 614. The molecule has 0 amide bonds. The van der Waals surface area contributed by atoms with Crippen LogP contribution in [0.15, 0.2) is 60.7 Å². The minimum atomic E-state index is -1.97. The molecule has 2 aromatic carbocycles. The highest BCUT2D eigenvalue weighted by atomic mass is 16.7. The van der Waals surface area contributed by atoms with Crippen molar-refractivity contribution in [1.82, 2.24) is 0 Å². The van der Waals surface area contributed by atoms with Gasteiger partial charge in [-0.05, 0) is 11.1 Å². The minimum absolute atomic E-state index is 0.0545. The van der Waals surface area contributed by atoms with Crippen LogP contribution in [-0.4, -0.2) is 43.6 Å². The number of hydrogen-bond acceptors (Lipinski definition) is 5. The number of methoxy groups -OCH3 is 3. The summed E-state index contributed by atoms with van der Waals surface area (Å²) < 4.78 is 16.0. The lowest BCUT2D eigenvalue weighted by molar-refractivity contribution is -0.358. The van der Waals surface area contributed by atoms with Crippen molar-refractivity contribution >= 4 is 0 Å². The van der Waals surface area contributed by atoms with E-state index in [1.165, 1.54) is 21.3 Å². The lowest BCUT2D eigenvalue weighted by atomic mass is 9.81. The van der Waals surface area contributed by atoms with Crippen LogP contribution < -0.4 is 0 Å². The first kappa shape index (κ1) is 18.6. The van der Waals surface area contributed by atoms with E-state index in [9.17, 15) is 10.2 Å². The van der Waals surface area contributed by atoms with Crippen molar-refractivity contribution in [3.05, 3.63) is 71.8 Å². The van der Waals surface area contributed by atoms with Crippen molar-refractivity contribution in [2.75, 3.05) is 21.3 Å². The van der Waals surface area contributed by atoms with Gasteiger partial charge in [-0.15, -0.1) is 0 Å². The molecule has 0 bridgehead atoms. The molecule has 0 heterocycles. The minimum Gasteiger partial charge on any atom is -0.375 e. The highest BCUT2D eigenvalue weighted by molar-refractivity contribution is 5.28. The first-order valence-corrected chi connectivity index (χ1v) is 7.66. The zero-order valence-corrected chi connectivity index (χ0v) is 14.2. The highest BCUT2D eigenvalue weighted by Crippen LogP contribution is 2.40. The Morgan fingerprint density at radius 3 is 1.79 bits per heavy atom. The first-order chi connectivity index (χ1) is 11.5. The van der Waals surface area contributed by atoms with Crippen LogP contribution in [0.2, 0.25) is 0 Å². The Labute approximate surface area is 142 Å². The van der Waals surface area contributed by atoms with Crippen molar-refractivity contribution in [2.45, 2.75) is 24.1 Å². The summed E-state index contributed by atoms with van der Waals surface area (Å²) in [6, 6.07) is 18.0. The smallest absolute Gasteiger partial charge is 0.208 e. The van der Waals surface area contributed by atoms with Gasteiger partial charge in [0.1, 0.15) is 0 Å². The van der Waals surface area contributed by atoms with Gasteiger partial charge in [-0.1, -0.05) is 60.7 Å². The number of rotatable bonds is 8. The van der Waals surface area contributed by atoms with E-state index in [0.717, 1.165) is 5.56 Å². The Kier molecular flexibility index (Phi) is 6.10. The zero-order chi connectivity index (χ0) is 17.6. The molecule has 0 fully saturated rings. The molecule has 0 aliphatic heterocycles. The first-order valence-electron chi connectivity index (χ1n) is 7.66. The van der Waals surface area contributed by atoms with Crippen molar-refractivity contribution in [1.29, 1.82) is 0 Å². The summed E-state index contributed by atoms with van der Waals surface area (Å²) in [6.45, 7) is 0. The Morgan fingerprint density at radius 1 is 0.833 bits per heavy atom. The predicted octanol–water partition coefficient (Wildman–Crippen LogP) is 2.07. The monoisotopic (exact) mass is 332 g/mol. The maximum absolute atomic E-state index is 11.5. The van der Waals surface area contributed by atoms with Gasteiger partial charge in [0.15, 0.2) is 11.9 Å². The maximum Gasteiger partial charge on any atom is 0.208 e. The fourth-order valence-corrected chi connectivity index (χ4v) is 2.91. The van der Waals surface area contributed by atoms with Crippen molar-refractivity contribution in [3.8, 4) is 0 Å². The quantitative estimate of drug-likeness (QED) is 0.725. The standard InChI is InChI=1S/C19H24O5/c1-22-17(23-2)19(21,16-12-8-5-9-13-16)18(20,24-3)14-15-10-6-4-7-11-15/h4-13,17,20-21H,14H2,1-3H3. The van der Waals surface area contributed by atoms with E-state index < -0.39 is 17.7 Å². The van der Waals surface area contributed by atoms with Gasteiger partial charge in [-0.3, -0.25) is 0 Å². The normalized spacial score (nSPS) is 16.6. The van der Waals surface area contributed by atoms with Crippen LogP contribution in [0, 0.1) is 0 Å². The summed E-state index contributed by atoms with van der Waals surface area (Å²) >= 11 is 0. The molecule has 5 heteroatoms. The second kappa shape index (κ2) is 7.88. The molecule has 2 unspecified atom stereocenters. The largest absolute Gasteiger partial charge is 0.375 e. The molecule has 0 spiro atoms. The lowest BCUT2D eigenvalue weighted by Crippen LogP contribution is -2.62. The molecule has 0 aliphatic rings. The van der Waals surface area contributed by atoms with Gasteiger partial charge in [0.25, 0.3) is 0 Å². The molecule has 2 rings (SSSR count). The van der Waals surface area contributed by atoms with Crippen molar-refractivity contribution in [2.24, 2.45) is 0 Å². The Balaban J connectivity index is 2.54. The molecule has 0 saturated heterocycles. The number of ether oxygens (including phenoxy) is 3. The summed E-state index contributed by atoms with van der Waals surface area (Å²) in [6.07, 6.45) is -1.08. The molecule has 5 nitrogen and oxygen atoms in total. The summed E-state index contributed by atoms with van der Waals surface area (Å²) in [5.41, 5.74) is -0.705.